The van der Waals surface area contributed by atoms with Crippen molar-refractivity contribution in [3.8, 4) is 0 Å². The number of carbonyl (C=O) groups excluding carboxylic acids is 1. The number of amides is 1. The van der Waals surface area contributed by atoms with E-state index in [0.29, 0.717) is 18.9 Å². The summed E-state index contributed by atoms with van der Waals surface area (Å²) in [6.07, 6.45) is 2.15. The van der Waals surface area contributed by atoms with Gasteiger partial charge in [0, 0.05) is 51.6 Å². The van der Waals surface area contributed by atoms with Crippen LogP contribution >= 0.6 is 0 Å². The van der Waals surface area contributed by atoms with Gasteiger partial charge in [-0.25, -0.2) is 0 Å². The summed E-state index contributed by atoms with van der Waals surface area (Å²) >= 11 is 0. The van der Waals surface area contributed by atoms with Crippen LogP contribution in [-0.2, 0) is 9.47 Å². The van der Waals surface area contributed by atoms with E-state index in [1.165, 1.54) is 5.56 Å². The van der Waals surface area contributed by atoms with Crippen molar-refractivity contribution in [1.82, 2.24) is 10.2 Å². The lowest BCUT2D eigenvalue weighted by Crippen LogP contribution is -2.36. The Morgan fingerprint density at radius 2 is 1.94 bits per heavy atom. The predicted molar refractivity (Wildman–Crippen MR) is 124 cm³/mol. The summed E-state index contributed by atoms with van der Waals surface area (Å²) in [7, 11) is 3.77. The van der Waals surface area contributed by atoms with Gasteiger partial charge in [-0.3, -0.25) is 9.69 Å². The standard InChI is InChI=1S/C25H35N3O3/c1-4-15-26-25(29)21-10-12-22(13-11-21)27(2)18-24(20-8-6-5-7-9-20)28-16-14-23(17-28)31-19-30-3/h5-13,23-24H,4,14-19H2,1-3H3,(H,26,29)/t23-,24+/m0/s1. The third-order valence-corrected chi connectivity index (χ3v) is 5.78. The molecule has 1 fully saturated rings. The highest BCUT2D eigenvalue weighted by atomic mass is 16.7. The normalized spacial score (nSPS) is 17.5. The molecule has 0 aliphatic carbocycles. The lowest BCUT2D eigenvalue weighted by Gasteiger charge is -2.33. The Hall–Kier alpha value is -2.41. The zero-order valence-corrected chi connectivity index (χ0v) is 18.9. The molecule has 0 aromatic heterocycles. The Labute approximate surface area is 186 Å². The Balaban J connectivity index is 1.69. The first-order valence-corrected chi connectivity index (χ1v) is 11.1. The molecule has 0 bridgehead atoms. The van der Waals surface area contributed by atoms with E-state index in [1.807, 2.05) is 31.2 Å². The second kappa shape index (κ2) is 11.8. The van der Waals surface area contributed by atoms with Crippen LogP contribution in [0.2, 0.25) is 0 Å². The average Bonchev–Trinajstić information content (AvgIpc) is 3.28. The second-order valence-electron chi connectivity index (χ2n) is 8.09. The van der Waals surface area contributed by atoms with Crippen LogP contribution in [0.25, 0.3) is 0 Å². The molecule has 3 rings (SSSR count). The van der Waals surface area contributed by atoms with Crippen molar-refractivity contribution in [1.29, 1.82) is 0 Å². The maximum absolute atomic E-state index is 12.2. The highest BCUT2D eigenvalue weighted by molar-refractivity contribution is 5.94. The molecule has 2 atom stereocenters. The van der Waals surface area contributed by atoms with E-state index in [1.54, 1.807) is 7.11 Å². The number of rotatable bonds is 11. The summed E-state index contributed by atoms with van der Waals surface area (Å²) in [6.45, 7) is 5.83. The lowest BCUT2D eigenvalue weighted by molar-refractivity contribution is -0.0679. The summed E-state index contributed by atoms with van der Waals surface area (Å²) in [5.74, 6) is -0.0163. The van der Waals surface area contributed by atoms with E-state index in [4.69, 9.17) is 9.47 Å². The van der Waals surface area contributed by atoms with Crippen molar-refractivity contribution in [2.45, 2.75) is 31.9 Å². The first kappa shape index (κ1) is 23.3. The van der Waals surface area contributed by atoms with Gasteiger partial charge in [0.1, 0.15) is 6.79 Å². The minimum Gasteiger partial charge on any atom is -0.373 e. The number of ether oxygens (including phenoxy) is 2. The lowest BCUT2D eigenvalue weighted by atomic mass is 10.0. The molecule has 1 saturated heterocycles. The largest absolute Gasteiger partial charge is 0.373 e. The molecule has 1 heterocycles. The van der Waals surface area contributed by atoms with Crippen molar-refractivity contribution >= 4 is 11.6 Å². The van der Waals surface area contributed by atoms with Gasteiger partial charge in [0.05, 0.1) is 12.1 Å². The summed E-state index contributed by atoms with van der Waals surface area (Å²) in [5, 5.41) is 2.93. The zero-order chi connectivity index (χ0) is 22.1. The van der Waals surface area contributed by atoms with E-state index in [9.17, 15) is 4.79 Å². The minimum atomic E-state index is -0.0163. The Morgan fingerprint density at radius 1 is 1.19 bits per heavy atom. The van der Waals surface area contributed by atoms with Gasteiger partial charge < -0.3 is 19.7 Å². The number of hydrogen-bond acceptors (Lipinski definition) is 5. The van der Waals surface area contributed by atoms with Crippen LogP contribution < -0.4 is 10.2 Å². The molecule has 6 heteroatoms. The molecule has 1 aliphatic heterocycles. The van der Waals surface area contributed by atoms with Crippen LogP contribution in [0.1, 0.15) is 41.7 Å². The van der Waals surface area contributed by atoms with Gasteiger partial charge in [0.2, 0.25) is 0 Å². The van der Waals surface area contributed by atoms with Crippen molar-refractivity contribution in [2.75, 3.05) is 52.0 Å². The molecular weight excluding hydrogens is 390 g/mol. The molecule has 0 unspecified atom stereocenters. The van der Waals surface area contributed by atoms with Gasteiger partial charge in [-0.1, -0.05) is 37.3 Å². The van der Waals surface area contributed by atoms with Crippen molar-refractivity contribution < 1.29 is 14.3 Å². The number of benzene rings is 2. The number of nitrogens with one attached hydrogen (secondary N) is 1. The quantitative estimate of drug-likeness (QED) is 0.557. The fourth-order valence-electron chi connectivity index (χ4n) is 4.02. The fraction of sp³-hybridized carbons (Fsp3) is 0.480. The molecule has 0 spiro atoms. The molecule has 31 heavy (non-hydrogen) atoms. The maximum Gasteiger partial charge on any atom is 0.251 e. The first-order valence-electron chi connectivity index (χ1n) is 11.1. The molecule has 0 saturated carbocycles. The molecule has 1 aliphatic rings. The molecule has 2 aromatic rings. The van der Waals surface area contributed by atoms with Gasteiger partial charge in [0.25, 0.3) is 5.91 Å². The summed E-state index contributed by atoms with van der Waals surface area (Å²) in [6, 6.07) is 18.8. The monoisotopic (exact) mass is 425 g/mol. The van der Waals surface area contributed by atoms with E-state index >= 15 is 0 Å². The summed E-state index contributed by atoms with van der Waals surface area (Å²) < 4.78 is 10.9. The Bertz CT molecular complexity index is 797. The molecule has 168 valence electrons. The smallest absolute Gasteiger partial charge is 0.251 e. The maximum atomic E-state index is 12.2. The van der Waals surface area contributed by atoms with E-state index in [2.05, 4.69) is 52.5 Å². The number of likely N-dealkylation sites (tertiary alicyclic amines) is 1. The van der Waals surface area contributed by atoms with Gasteiger partial charge in [0.15, 0.2) is 0 Å². The van der Waals surface area contributed by atoms with Gasteiger partial charge in [-0.05, 0) is 42.7 Å². The van der Waals surface area contributed by atoms with E-state index in [0.717, 1.165) is 38.2 Å². The number of methoxy groups -OCH3 is 1. The van der Waals surface area contributed by atoms with Crippen molar-refractivity contribution in [2.24, 2.45) is 0 Å². The minimum absolute atomic E-state index is 0.0163. The number of anilines is 1. The first-order chi connectivity index (χ1) is 15.1. The fourth-order valence-corrected chi connectivity index (χ4v) is 4.02. The zero-order valence-electron chi connectivity index (χ0n) is 18.9. The molecule has 2 aromatic carbocycles. The number of hydrogen-bond donors (Lipinski definition) is 1. The molecule has 1 N–H and O–H groups in total. The van der Waals surface area contributed by atoms with Crippen LogP contribution in [0.3, 0.4) is 0 Å². The third-order valence-electron chi connectivity index (χ3n) is 5.78. The summed E-state index contributed by atoms with van der Waals surface area (Å²) in [5.41, 5.74) is 3.10. The third kappa shape index (κ3) is 6.53. The molecule has 1 amide bonds. The Kier molecular flexibility index (Phi) is 8.88. The highest BCUT2D eigenvalue weighted by Crippen LogP contribution is 2.28. The van der Waals surface area contributed by atoms with Crippen molar-refractivity contribution in [3.05, 3.63) is 65.7 Å². The summed E-state index contributed by atoms with van der Waals surface area (Å²) in [4.78, 5) is 16.9. The topological polar surface area (TPSA) is 54.0 Å². The average molecular weight is 426 g/mol. The van der Waals surface area contributed by atoms with Gasteiger partial charge in [-0.15, -0.1) is 0 Å². The van der Waals surface area contributed by atoms with Crippen molar-refractivity contribution in [3.63, 3.8) is 0 Å². The Morgan fingerprint density at radius 3 is 2.61 bits per heavy atom. The number of likely N-dealkylation sites (N-methyl/N-ethyl adjacent to an activating group) is 1. The predicted octanol–water partition coefficient (Wildman–Crippen LogP) is 3.70. The second-order valence-corrected chi connectivity index (χ2v) is 8.09. The number of carbonyl (C=O) groups is 1. The SMILES string of the molecule is CCCNC(=O)c1ccc(N(C)C[C@H](c2ccccc2)N2CC[C@H](OCOC)C2)cc1. The van der Waals surface area contributed by atoms with Crippen LogP contribution in [0.15, 0.2) is 54.6 Å². The molecule has 0 radical (unpaired) electrons. The number of nitrogens with zero attached hydrogens (tertiary/aromatic N) is 2. The van der Waals surface area contributed by atoms with E-state index in [-0.39, 0.29) is 18.1 Å². The molecular formula is C25H35N3O3. The van der Waals surface area contributed by atoms with Gasteiger partial charge >= 0.3 is 0 Å². The molecule has 6 nitrogen and oxygen atoms in total. The van der Waals surface area contributed by atoms with Crippen LogP contribution in [0, 0.1) is 0 Å². The van der Waals surface area contributed by atoms with Crippen LogP contribution in [-0.4, -0.2) is 64.0 Å². The van der Waals surface area contributed by atoms with E-state index < -0.39 is 0 Å². The van der Waals surface area contributed by atoms with Crippen LogP contribution in [0.5, 0.6) is 0 Å². The highest BCUT2D eigenvalue weighted by Gasteiger charge is 2.30. The van der Waals surface area contributed by atoms with Gasteiger partial charge in [-0.2, -0.15) is 0 Å². The van der Waals surface area contributed by atoms with Crippen LogP contribution in [0.4, 0.5) is 5.69 Å².